The fraction of sp³-hybridized carbons (Fsp3) is 0.200. The standard InChI is InChI=1S/C10H12N4O2S/c1-14-11-7-10(13-14)12-8-4-3-5-9(6-8)17(2,15)16/h3-7H,1-2H3,(H,12,13). The Hall–Kier alpha value is -1.89. The maximum absolute atomic E-state index is 11.4. The first-order valence-electron chi connectivity index (χ1n) is 4.88. The SMILES string of the molecule is Cn1ncc(Nc2cccc(S(C)(=O)=O)c2)n1. The van der Waals surface area contributed by atoms with Crippen LogP contribution in [0, 0.1) is 0 Å². The van der Waals surface area contributed by atoms with Gasteiger partial charge in [0.25, 0.3) is 0 Å². The summed E-state index contributed by atoms with van der Waals surface area (Å²) in [7, 11) is -1.49. The third-order valence-corrected chi connectivity index (χ3v) is 3.24. The smallest absolute Gasteiger partial charge is 0.175 e. The summed E-state index contributed by atoms with van der Waals surface area (Å²) >= 11 is 0. The van der Waals surface area contributed by atoms with Gasteiger partial charge >= 0.3 is 0 Å². The van der Waals surface area contributed by atoms with Gasteiger partial charge in [-0.15, -0.1) is 5.10 Å². The zero-order valence-electron chi connectivity index (χ0n) is 9.45. The van der Waals surface area contributed by atoms with E-state index < -0.39 is 9.84 Å². The normalized spacial score (nSPS) is 11.4. The molecule has 0 radical (unpaired) electrons. The molecule has 0 unspecified atom stereocenters. The average molecular weight is 252 g/mol. The molecule has 17 heavy (non-hydrogen) atoms. The van der Waals surface area contributed by atoms with Crippen molar-refractivity contribution >= 4 is 21.3 Å². The molecule has 1 N–H and O–H groups in total. The number of nitrogens with zero attached hydrogens (tertiary/aromatic N) is 3. The maximum Gasteiger partial charge on any atom is 0.175 e. The molecule has 2 rings (SSSR count). The number of hydrogen-bond acceptors (Lipinski definition) is 5. The predicted molar refractivity (Wildman–Crippen MR) is 63.8 cm³/mol. The van der Waals surface area contributed by atoms with Gasteiger partial charge in [0.1, 0.15) is 0 Å². The number of hydrogen-bond donors (Lipinski definition) is 1. The van der Waals surface area contributed by atoms with E-state index in [0.717, 1.165) is 0 Å². The van der Waals surface area contributed by atoms with E-state index in [1.54, 1.807) is 37.5 Å². The molecular formula is C10H12N4O2S. The Morgan fingerprint density at radius 1 is 1.35 bits per heavy atom. The fourth-order valence-electron chi connectivity index (χ4n) is 1.36. The Labute approximate surface area is 99.2 Å². The van der Waals surface area contributed by atoms with Crippen LogP contribution < -0.4 is 5.32 Å². The largest absolute Gasteiger partial charge is 0.337 e. The minimum absolute atomic E-state index is 0.270. The lowest BCUT2D eigenvalue weighted by molar-refractivity contribution is 0.602. The van der Waals surface area contributed by atoms with Gasteiger partial charge in [0.2, 0.25) is 0 Å². The van der Waals surface area contributed by atoms with E-state index in [4.69, 9.17) is 0 Å². The molecule has 0 saturated carbocycles. The molecule has 1 aromatic heterocycles. The molecule has 0 spiro atoms. The van der Waals surface area contributed by atoms with Crippen molar-refractivity contribution < 1.29 is 8.42 Å². The van der Waals surface area contributed by atoms with Crippen LogP contribution in [-0.4, -0.2) is 29.7 Å². The number of benzene rings is 1. The topological polar surface area (TPSA) is 76.9 Å². The molecule has 0 fully saturated rings. The number of aryl methyl sites for hydroxylation is 1. The Balaban J connectivity index is 2.28. The predicted octanol–water partition coefficient (Wildman–Crippen LogP) is 0.962. The van der Waals surface area contributed by atoms with E-state index in [1.807, 2.05) is 0 Å². The van der Waals surface area contributed by atoms with Gasteiger partial charge in [-0.3, -0.25) is 0 Å². The minimum atomic E-state index is -3.19. The van der Waals surface area contributed by atoms with E-state index in [1.165, 1.54) is 11.1 Å². The maximum atomic E-state index is 11.4. The summed E-state index contributed by atoms with van der Waals surface area (Å²) in [5, 5.41) is 10.9. The van der Waals surface area contributed by atoms with Crippen molar-refractivity contribution in [1.82, 2.24) is 15.0 Å². The number of nitrogens with one attached hydrogen (secondary N) is 1. The van der Waals surface area contributed by atoms with E-state index in [9.17, 15) is 8.42 Å². The molecule has 6 nitrogen and oxygen atoms in total. The van der Waals surface area contributed by atoms with Crippen molar-refractivity contribution in [3.8, 4) is 0 Å². The molecule has 0 aliphatic carbocycles. The van der Waals surface area contributed by atoms with Gasteiger partial charge in [-0.2, -0.15) is 9.90 Å². The van der Waals surface area contributed by atoms with Crippen LogP contribution in [0.5, 0.6) is 0 Å². The summed E-state index contributed by atoms with van der Waals surface area (Å²) in [6.45, 7) is 0. The molecule has 0 saturated heterocycles. The van der Waals surface area contributed by atoms with Crippen molar-refractivity contribution in [1.29, 1.82) is 0 Å². The second-order valence-electron chi connectivity index (χ2n) is 3.64. The Kier molecular flexibility index (Phi) is 2.84. The quantitative estimate of drug-likeness (QED) is 0.880. The van der Waals surface area contributed by atoms with Crippen LogP contribution in [0.15, 0.2) is 35.4 Å². The number of sulfone groups is 1. The third kappa shape index (κ3) is 2.82. The van der Waals surface area contributed by atoms with Gasteiger partial charge in [-0.25, -0.2) is 8.42 Å². The van der Waals surface area contributed by atoms with Crippen molar-refractivity contribution in [2.75, 3.05) is 11.6 Å². The molecule has 90 valence electrons. The lowest BCUT2D eigenvalue weighted by Gasteiger charge is -2.04. The van der Waals surface area contributed by atoms with Crippen molar-refractivity contribution in [2.45, 2.75) is 4.90 Å². The minimum Gasteiger partial charge on any atom is -0.337 e. The molecule has 1 heterocycles. The highest BCUT2D eigenvalue weighted by Crippen LogP contribution is 2.18. The van der Waals surface area contributed by atoms with E-state index in [0.29, 0.717) is 11.5 Å². The van der Waals surface area contributed by atoms with Crippen LogP contribution in [0.1, 0.15) is 0 Å². The molecule has 7 heteroatoms. The zero-order chi connectivity index (χ0) is 12.5. The Morgan fingerprint density at radius 2 is 2.12 bits per heavy atom. The van der Waals surface area contributed by atoms with Gasteiger partial charge < -0.3 is 5.32 Å². The van der Waals surface area contributed by atoms with Gasteiger partial charge in [0.05, 0.1) is 11.1 Å². The van der Waals surface area contributed by atoms with Crippen LogP contribution in [0.25, 0.3) is 0 Å². The lowest BCUT2D eigenvalue weighted by Crippen LogP contribution is -1.99. The molecule has 0 aliphatic rings. The number of anilines is 2. The second kappa shape index (κ2) is 4.17. The summed E-state index contributed by atoms with van der Waals surface area (Å²) < 4.78 is 22.8. The summed E-state index contributed by atoms with van der Waals surface area (Å²) in [5.74, 6) is 0.568. The molecule has 0 aliphatic heterocycles. The number of rotatable bonds is 3. The number of aromatic nitrogens is 3. The molecule has 1 aromatic carbocycles. The fourth-order valence-corrected chi connectivity index (χ4v) is 2.02. The molecule has 0 bridgehead atoms. The summed E-state index contributed by atoms with van der Waals surface area (Å²) in [4.78, 5) is 1.69. The van der Waals surface area contributed by atoms with Crippen molar-refractivity contribution in [2.24, 2.45) is 7.05 Å². The Morgan fingerprint density at radius 3 is 2.71 bits per heavy atom. The molecule has 0 amide bonds. The van der Waals surface area contributed by atoms with Crippen LogP contribution in [-0.2, 0) is 16.9 Å². The molecule has 0 atom stereocenters. The van der Waals surface area contributed by atoms with Crippen LogP contribution in [0.4, 0.5) is 11.5 Å². The molecular weight excluding hydrogens is 240 g/mol. The highest BCUT2D eigenvalue weighted by Gasteiger charge is 2.07. The van der Waals surface area contributed by atoms with Crippen LogP contribution in [0.3, 0.4) is 0 Å². The van der Waals surface area contributed by atoms with Gasteiger partial charge in [0.15, 0.2) is 15.7 Å². The van der Waals surface area contributed by atoms with E-state index >= 15 is 0 Å². The van der Waals surface area contributed by atoms with Crippen LogP contribution >= 0.6 is 0 Å². The summed E-state index contributed by atoms with van der Waals surface area (Å²) in [5.41, 5.74) is 0.661. The van der Waals surface area contributed by atoms with Crippen molar-refractivity contribution in [3.63, 3.8) is 0 Å². The summed E-state index contributed by atoms with van der Waals surface area (Å²) in [6, 6.07) is 6.56. The first-order chi connectivity index (χ1) is 7.95. The van der Waals surface area contributed by atoms with Gasteiger partial charge in [0, 0.05) is 19.0 Å². The molecule has 2 aromatic rings. The van der Waals surface area contributed by atoms with E-state index in [-0.39, 0.29) is 4.90 Å². The second-order valence-corrected chi connectivity index (χ2v) is 5.66. The highest BCUT2D eigenvalue weighted by molar-refractivity contribution is 7.90. The highest BCUT2D eigenvalue weighted by atomic mass is 32.2. The first kappa shape index (κ1) is 11.6. The monoisotopic (exact) mass is 252 g/mol. The van der Waals surface area contributed by atoms with E-state index in [2.05, 4.69) is 15.5 Å². The lowest BCUT2D eigenvalue weighted by atomic mass is 10.3. The van der Waals surface area contributed by atoms with Crippen LogP contribution in [0.2, 0.25) is 0 Å². The zero-order valence-corrected chi connectivity index (χ0v) is 10.3. The van der Waals surface area contributed by atoms with Crippen molar-refractivity contribution in [3.05, 3.63) is 30.5 Å². The first-order valence-corrected chi connectivity index (χ1v) is 6.78. The Bertz CT molecular complexity index is 633. The third-order valence-electron chi connectivity index (χ3n) is 2.13. The van der Waals surface area contributed by atoms with Gasteiger partial charge in [-0.05, 0) is 18.2 Å². The average Bonchev–Trinajstić information content (AvgIpc) is 2.63. The summed E-state index contributed by atoms with van der Waals surface area (Å²) in [6.07, 6.45) is 2.74. The van der Waals surface area contributed by atoms with Gasteiger partial charge in [-0.1, -0.05) is 6.07 Å².